The van der Waals surface area contributed by atoms with E-state index in [1.165, 1.54) is 5.56 Å². The number of piperidine rings is 1. The fraction of sp³-hybridized carbons (Fsp3) is 0.478. The number of benzene rings is 1. The Morgan fingerprint density at radius 3 is 2.72 bits per heavy atom. The molecule has 0 saturated carbocycles. The van der Waals surface area contributed by atoms with Crippen LogP contribution in [0.1, 0.15) is 30.0 Å². The maximum absolute atomic E-state index is 5.52. The van der Waals surface area contributed by atoms with E-state index in [2.05, 4.69) is 56.0 Å². The average molecular weight is 435 g/mol. The van der Waals surface area contributed by atoms with Crippen LogP contribution in [0, 0.1) is 6.92 Å². The highest BCUT2D eigenvalue weighted by Crippen LogP contribution is 2.29. The Kier molecular flexibility index (Phi) is 6.00. The van der Waals surface area contributed by atoms with Crippen LogP contribution < -0.4 is 10.3 Å². The van der Waals surface area contributed by atoms with Crippen LogP contribution in [0.5, 0.6) is 0 Å². The molecule has 1 aromatic carbocycles. The fourth-order valence-electron chi connectivity index (χ4n) is 4.35. The lowest BCUT2D eigenvalue weighted by Crippen LogP contribution is -2.37. The lowest BCUT2D eigenvalue weighted by atomic mass is 10.1. The minimum atomic E-state index is 0.396. The van der Waals surface area contributed by atoms with Gasteiger partial charge < -0.3 is 19.1 Å². The van der Waals surface area contributed by atoms with Crippen molar-refractivity contribution in [1.29, 1.82) is 0 Å². The number of hydrogen-bond donors (Lipinski definition) is 1. The molecule has 0 aliphatic carbocycles. The number of likely N-dealkylation sites (tertiary alicyclic amines) is 1. The monoisotopic (exact) mass is 434 g/mol. The van der Waals surface area contributed by atoms with Gasteiger partial charge in [0.15, 0.2) is 17.0 Å². The van der Waals surface area contributed by atoms with E-state index in [0.717, 1.165) is 55.7 Å². The molecule has 5 rings (SSSR count). The first-order valence-electron chi connectivity index (χ1n) is 11.3. The number of hydrazone groups is 1. The first kappa shape index (κ1) is 20.8. The van der Waals surface area contributed by atoms with Gasteiger partial charge in [-0.15, -0.1) is 0 Å². The maximum Gasteiger partial charge on any atom is 0.229 e. The van der Waals surface area contributed by atoms with Crippen LogP contribution in [0.2, 0.25) is 0 Å². The summed E-state index contributed by atoms with van der Waals surface area (Å²) in [5.74, 6) is 1.33. The van der Waals surface area contributed by atoms with E-state index in [0.29, 0.717) is 31.0 Å². The molecule has 0 bridgehead atoms. The summed E-state index contributed by atoms with van der Waals surface area (Å²) in [5.41, 5.74) is 6.99. The van der Waals surface area contributed by atoms with Crippen molar-refractivity contribution in [3.8, 4) is 0 Å². The first-order chi connectivity index (χ1) is 15.7. The topological polar surface area (TPSA) is 83.7 Å². The average Bonchev–Trinajstić information content (AvgIpc) is 3.24. The molecular weight excluding hydrogens is 404 g/mol. The number of ether oxygens (including phenoxy) is 1. The molecule has 0 radical (unpaired) electrons. The Morgan fingerprint density at radius 2 is 1.94 bits per heavy atom. The molecule has 0 spiro atoms. The number of nitrogens with one attached hydrogen (secondary N) is 1. The lowest BCUT2D eigenvalue weighted by molar-refractivity contribution is 0.122. The lowest BCUT2D eigenvalue weighted by Gasteiger charge is -2.30. The van der Waals surface area contributed by atoms with E-state index in [9.17, 15) is 0 Å². The van der Waals surface area contributed by atoms with Crippen molar-refractivity contribution < 1.29 is 4.74 Å². The predicted octanol–water partition coefficient (Wildman–Crippen LogP) is 2.68. The van der Waals surface area contributed by atoms with Crippen LogP contribution in [0.3, 0.4) is 0 Å². The molecule has 32 heavy (non-hydrogen) atoms. The maximum atomic E-state index is 5.52. The second kappa shape index (κ2) is 9.22. The zero-order chi connectivity index (χ0) is 21.9. The van der Waals surface area contributed by atoms with Crippen molar-refractivity contribution in [3.05, 3.63) is 41.7 Å². The Balaban J connectivity index is 1.48. The van der Waals surface area contributed by atoms with Gasteiger partial charge >= 0.3 is 0 Å². The summed E-state index contributed by atoms with van der Waals surface area (Å²) in [7, 11) is 2.18. The fourth-order valence-corrected chi connectivity index (χ4v) is 4.35. The van der Waals surface area contributed by atoms with E-state index in [-0.39, 0.29) is 0 Å². The Morgan fingerprint density at radius 1 is 1.12 bits per heavy atom. The van der Waals surface area contributed by atoms with Crippen LogP contribution in [0.15, 0.2) is 35.7 Å². The number of nitrogens with zero attached hydrogens (tertiary/aromatic N) is 7. The minimum absolute atomic E-state index is 0.396. The molecule has 0 unspecified atom stereocenters. The van der Waals surface area contributed by atoms with Crippen molar-refractivity contribution in [3.63, 3.8) is 0 Å². The Bertz CT molecular complexity index is 1100. The molecule has 0 amide bonds. The Hall–Kier alpha value is -3.04. The van der Waals surface area contributed by atoms with E-state index >= 15 is 0 Å². The summed E-state index contributed by atoms with van der Waals surface area (Å²) in [6.45, 7) is 7.16. The molecule has 9 nitrogen and oxygen atoms in total. The highest BCUT2D eigenvalue weighted by atomic mass is 16.5. The van der Waals surface area contributed by atoms with Crippen molar-refractivity contribution in [2.45, 2.75) is 25.8 Å². The number of aryl methyl sites for hydroxylation is 1. The molecule has 168 valence electrons. The van der Waals surface area contributed by atoms with Gasteiger partial charge in [0, 0.05) is 19.1 Å². The molecule has 2 saturated heterocycles. The van der Waals surface area contributed by atoms with E-state index < -0.39 is 0 Å². The van der Waals surface area contributed by atoms with Gasteiger partial charge in [-0.3, -0.25) is 5.43 Å². The quantitative estimate of drug-likeness (QED) is 0.488. The zero-order valence-corrected chi connectivity index (χ0v) is 18.7. The molecule has 2 aliphatic rings. The summed E-state index contributed by atoms with van der Waals surface area (Å²) in [5, 5.41) is 4.46. The summed E-state index contributed by atoms with van der Waals surface area (Å²) in [6.07, 6.45) is 5.90. The smallest absolute Gasteiger partial charge is 0.229 e. The highest BCUT2D eigenvalue weighted by molar-refractivity contribution is 5.86. The van der Waals surface area contributed by atoms with E-state index in [1.54, 1.807) is 0 Å². The van der Waals surface area contributed by atoms with Gasteiger partial charge in [0.05, 0.1) is 25.8 Å². The number of imidazole rings is 1. The standard InChI is InChI=1S/C23H30N8O/c1-17-4-3-5-18(14-17)15-25-28-21-20-22(27-23(26-21)30-10-12-32-13-11-30)31(16-24-20)19-6-8-29(2)9-7-19/h3-5,14-16,19H,6-13H2,1-2H3,(H,26,27,28)/b25-15+. The molecule has 2 aliphatic heterocycles. The molecule has 1 N–H and O–H groups in total. The minimum Gasteiger partial charge on any atom is -0.378 e. The Labute approximate surface area is 188 Å². The number of hydrogen-bond acceptors (Lipinski definition) is 8. The van der Waals surface area contributed by atoms with Crippen LogP contribution >= 0.6 is 0 Å². The second-order valence-electron chi connectivity index (χ2n) is 8.61. The van der Waals surface area contributed by atoms with Gasteiger partial charge in [0.25, 0.3) is 0 Å². The number of anilines is 2. The zero-order valence-electron chi connectivity index (χ0n) is 18.7. The highest BCUT2D eigenvalue weighted by Gasteiger charge is 2.24. The van der Waals surface area contributed by atoms with Crippen LogP contribution in [0.4, 0.5) is 11.8 Å². The van der Waals surface area contributed by atoms with Gasteiger partial charge in [-0.25, -0.2) is 4.98 Å². The van der Waals surface area contributed by atoms with Crippen molar-refractivity contribution in [2.75, 3.05) is 56.8 Å². The SMILES string of the molecule is Cc1cccc(/C=N/Nc2nc(N3CCOCC3)nc3c2ncn3C2CCN(C)CC2)c1. The third-order valence-electron chi connectivity index (χ3n) is 6.21. The largest absolute Gasteiger partial charge is 0.378 e. The molecular formula is C23H30N8O. The predicted molar refractivity (Wildman–Crippen MR) is 127 cm³/mol. The van der Waals surface area contributed by atoms with Gasteiger partial charge in [-0.1, -0.05) is 29.8 Å². The number of aromatic nitrogens is 4. The second-order valence-corrected chi connectivity index (χ2v) is 8.61. The van der Waals surface area contributed by atoms with Gasteiger partial charge in [0.2, 0.25) is 5.95 Å². The number of fused-ring (bicyclic) bond motifs is 1. The molecule has 9 heteroatoms. The van der Waals surface area contributed by atoms with Gasteiger partial charge in [0.1, 0.15) is 0 Å². The molecule has 3 aromatic rings. The third-order valence-corrected chi connectivity index (χ3v) is 6.21. The van der Waals surface area contributed by atoms with E-state index in [1.807, 2.05) is 24.7 Å². The van der Waals surface area contributed by atoms with Crippen molar-refractivity contribution in [1.82, 2.24) is 24.4 Å². The van der Waals surface area contributed by atoms with E-state index in [4.69, 9.17) is 14.7 Å². The summed E-state index contributed by atoms with van der Waals surface area (Å²) in [6, 6.07) is 8.62. The van der Waals surface area contributed by atoms with Crippen LogP contribution in [-0.2, 0) is 4.74 Å². The molecule has 2 aromatic heterocycles. The summed E-state index contributed by atoms with van der Waals surface area (Å²) >= 11 is 0. The van der Waals surface area contributed by atoms with Crippen molar-refractivity contribution in [2.24, 2.45) is 5.10 Å². The van der Waals surface area contributed by atoms with Crippen LogP contribution in [0.25, 0.3) is 11.2 Å². The summed E-state index contributed by atoms with van der Waals surface area (Å²) in [4.78, 5) is 19.0. The van der Waals surface area contributed by atoms with Crippen LogP contribution in [-0.4, -0.2) is 77.1 Å². The number of morpholine rings is 1. The first-order valence-corrected chi connectivity index (χ1v) is 11.3. The molecule has 0 atom stereocenters. The third kappa shape index (κ3) is 4.44. The van der Waals surface area contributed by atoms with Gasteiger partial charge in [-0.05, 0) is 45.5 Å². The van der Waals surface area contributed by atoms with Crippen molar-refractivity contribution >= 4 is 29.1 Å². The normalized spacial score (nSPS) is 18.6. The summed E-state index contributed by atoms with van der Waals surface area (Å²) < 4.78 is 7.74. The molecule has 4 heterocycles. The van der Waals surface area contributed by atoms with Gasteiger partial charge in [-0.2, -0.15) is 15.1 Å². The molecule has 2 fully saturated rings. The number of rotatable bonds is 5.